The largest absolute Gasteiger partial charge is 0.393 e. The van der Waals surface area contributed by atoms with Gasteiger partial charge < -0.3 is 5.11 Å². The van der Waals surface area contributed by atoms with Gasteiger partial charge in [0.15, 0.2) is 0 Å². The van der Waals surface area contributed by atoms with E-state index < -0.39 is 0 Å². The Kier molecular flexibility index (Phi) is 3.34. The Bertz CT molecular complexity index is 537. The molecule has 2 fully saturated rings. The summed E-state index contributed by atoms with van der Waals surface area (Å²) < 4.78 is 0. The van der Waals surface area contributed by atoms with E-state index >= 15 is 0 Å². The van der Waals surface area contributed by atoms with E-state index in [4.69, 9.17) is 0 Å². The van der Waals surface area contributed by atoms with Gasteiger partial charge >= 0.3 is 0 Å². The van der Waals surface area contributed by atoms with Gasteiger partial charge in [0.2, 0.25) is 5.91 Å². The molecule has 20 heavy (non-hydrogen) atoms. The third-order valence-corrected chi connectivity index (χ3v) is 4.60. The Morgan fingerprint density at radius 1 is 1.20 bits per heavy atom. The van der Waals surface area contributed by atoms with Gasteiger partial charge in [0.05, 0.1) is 6.10 Å². The molecular weight excluding hydrogens is 254 g/mol. The molecule has 1 saturated heterocycles. The number of carbonyl (C=O) groups is 2. The van der Waals surface area contributed by atoms with Crippen molar-refractivity contribution in [2.45, 2.75) is 32.3 Å². The minimum absolute atomic E-state index is 0.0459. The number of fused-ring (bicyclic) bond motifs is 1. The van der Waals surface area contributed by atoms with Crippen LogP contribution in [0.15, 0.2) is 24.3 Å². The summed E-state index contributed by atoms with van der Waals surface area (Å²) in [5, 5.41) is 9.86. The number of aliphatic hydroxyl groups is 1. The van der Waals surface area contributed by atoms with E-state index in [1.165, 1.54) is 4.90 Å². The number of piperidine rings is 1. The van der Waals surface area contributed by atoms with E-state index in [0.717, 1.165) is 12.0 Å². The second kappa shape index (κ2) is 5.02. The molecule has 0 spiro atoms. The van der Waals surface area contributed by atoms with E-state index in [1.54, 1.807) is 12.1 Å². The molecule has 1 aromatic carbocycles. The molecule has 0 bridgehead atoms. The highest BCUT2D eigenvalue weighted by Crippen LogP contribution is 2.39. The average molecular weight is 273 g/mol. The quantitative estimate of drug-likeness (QED) is 0.793. The van der Waals surface area contributed by atoms with Gasteiger partial charge in [-0.1, -0.05) is 17.7 Å². The maximum absolute atomic E-state index is 12.4. The van der Waals surface area contributed by atoms with Gasteiger partial charge in [-0.2, -0.15) is 0 Å². The van der Waals surface area contributed by atoms with Crippen molar-refractivity contribution in [3.63, 3.8) is 0 Å². The molecule has 3 rings (SSSR count). The lowest BCUT2D eigenvalue weighted by atomic mass is 9.86. The number of aliphatic hydroxyl groups excluding tert-OH is 1. The molecular formula is C16H19NO3. The predicted octanol–water partition coefficient (Wildman–Crippen LogP) is 1.75. The topological polar surface area (TPSA) is 57.6 Å². The molecule has 0 aromatic heterocycles. The summed E-state index contributed by atoms with van der Waals surface area (Å²) in [4.78, 5) is 26.2. The molecule has 1 aliphatic heterocycles. The fourth-order valence-corrected chi connectivity index (χ4v) is 3.39. The van der Waals surface area contributed by atoms with Crippen molar-refractivity contribution >= 4 is 11.8 Å². The van der Waals surface area contributed by atoms with Crippen LogP contribution in [0.25, 0.3) is 0 Å². The summed E-state index contributed by atoms with van der Waals surface area (Å²) >= 11 is 0. The molecule has 1 heterocycles. The Hall–Kier alpha value is -1.68. The molecule has 3 unspecified atom stereocenters. The van der Waals surface area contributed by atoms with E-state index in [0.29, 0.717) is 24.9 Å². The maximum atomic E-state index is 12.4. The first kappa shape index (κ1) is 13.3. The van der Waals surface area contributed by atoms with Crippen LogP contribution in [0, 0.1) is 18.8 Å². The Labute approximate surface area is 118 Å². The second-order valence-corrected chi connectivity index (χ2v) is 5.86. The number of likely N-dealkylation sites (tertiary alicyclic amines) is 1. The molecule has 1 aromatic rings. The normalized spacial score (nSPS) is 29.4. The number of imide groups is 1. The Morgan fingerprint density at radius 2 is 1.90 bits per heavy atom. The van der Waals surface area contributed by atoms with Crippen LogP contribution < -0.4 is 0 Å². The van der Waals surface area contributed by atoms with E-state index in [9.17, 15) is 14.7 Å². The number of benzene rings is 1. The van der Waals surface area contributed by atoms with Crippen molar-refractivity contribution in [1.82, 2.24) is 4.90 Å². The SMILES string of the molecule is Cc1ccc(C(=O)N2CCC3C(O)CCC3C2=O)cc1. The molecule has 1 aliphatic carbocycles. The number of amides is 2. The lowest BCUT2D eigenvalue weighted by molar-refractivity contribution is -0.138. The first-order chi connectivity index (χ1) is 9.58. The summed E-state index contributed by atoms with van der Waals surface area (Å²) in [6, 6.07) is 7.29. The summed E-state index contributed by atoms with van der Waals surface area (Å²) in [6.45, 7) is 2.38. The van der Waals surface area contributed by atoms with E-state index in [1.807, 2.05) is 19.1 Å². The minimum atomic E-state index is -0.374. The molecule has 4 nitrogen and oxygen atoms in total. The van der Waals surface area contributed by atoms with Crippen molar-refractivity contribution in [2.24, 2.45) is 11.8 Å². The zero-order valence-corrected chi connectivity index (χ0v) is 11.6. The van der Waals surface area contributed by atoms with Crippen LogP contribution in [0.3, 0.4) is 0 Å². The zero-order chi connectivity index (χ0) is 14.3. The van der Waals surface area contributed by atoms with Gasteiger partial charge in [-0.25, -0.2) is 0 Å². The number of aryl methyl sites for hydroxylation is 1. The highest BCUT2D eigenvalue weighted by atomic mass is 16.3. The third kappa shape index (κ3) is 2.14. The van der Waals surface area contributed by atoms with Gasteiger partial charge in [-0.3, -0.25) is 14.5 Å². The van der Waals surface area contributed by atoms with Crippen molar-refractivity contribution in [1.29, 1.82) is 0 Å². The van der Waals surface area contributed by atoms with Gasteiger partial charge in [0.1, 0.15) is 0 Å². The summed E-state index contributed by atoms with van der Waals surface area (Å²) in [7, 11) is 0. The smallest absolute Gasteiger partial charge is 0.260 e. The average Bonchev–Trinajstić information content (AvgIpc) is 2.82. The predicted molar refractivity (Wildman–Crippen MR) is 74.1 cm³/mol. The lowest BCUT2D eigenvalue weighted by Crippen LogP contribution is -2.48. The highest BCUT2D eigenvalue weighted by Gasteiger charge is 2.45. The fourth-order valence-electron chi connectivity index (χ4n) is 3.39. The monoisotopic (exact) mass is 273 g/mol. The molecule has 106 valence electrons. The number of rotatable bonds is 1. The number of carbonyl (C=O) groups excluding carboxylic acids is 2. The second-order valence-electron chi connectivity index (χ2n) is 5.86. The van der Waals surface area contributed by atoms with Crippen LogP contribution in [0.4, 0.5) is 0 Å². The first-order valence-electron chi connectivity index (χ1n) is 7.18. The van der Waals surface area contributed by atoms with E-state index in [2.05, 4.69) is 0 Å². The molecule has 1 saturated carbocycles. The van der Waals surface area contributed by atoms with Crippen LogP contribution in [-0.4, -0.2) is 34.5 Å². The lowest BCUT2D eigenvalue weighted by Gasteiger charge is -2.34. The van der Waals surface area contributed by atoms with Crippen molar-refractivity contribution in [3.8, 4) is 0 Å². The van der Waals surface area contributed by atoms with Crippen LogP contribution in [0.1, 0.15) is 35.2 Å². The molecule has 1 N–H and O–H groups in total. The summed E-state index contributed by atoms with van der Waals surface area (Å²) in [5.41, 5.74) is 1.64. The molecule has 2 aliphatic rings. The summed E-state index contributed by atoms with van der Waals surface area (Å²) in [6.07, 6.45) is 1.71. The van der Waals surface area contributed by atoms with Gasteiger partial charge in [-0.15, -0.1) is 0 Å². The van der Waals surface area contributed by atoms with Crippen LogP contribution >= 0.6 is 0 Å². The molecule has 2 amide bonds. The Morgan fingerprint density at radius 3 is 2.60 bits per heavy atom. The Balaban J connectivity index is 1.79. The molecule has 3 atom stereocenters. The van der Waals surface area contributed by atoms with Crippen LogP contribution in [0.2, 0.25) is 0 Å². The van der Waals surface area contributed by atoms with Gasteiger partial charge in [0, 0.05) is 18.0 Å². The third-order valence-electron chi connectivity index (χ3n) is 4.60. The number of hydrogen-bond donors (Lipinski definition) is 1. The minimum Gasteiger partial charge on any atom is -0.393 e. The van der Waals surface area contributed by atoms with Crippen molar-refractivity contribution in [3.05, 3.63) is 35.4 Å². The first-order valence-corrected chi connectivity index (χ1v) is 7.18. The zero-order valence-electron chi connectivity index (χ0n) is 11.6. The van der Waals surface area contributed by atoms with Gasteiger partial charge in [-0.05, 0) is 44.2 Å². The molecule has 4 heteroatoms. The van der Waals surface area contributed by atoms with Gasteiger partial charge in [0.25, 0.3) is 5.91 Å². The van der Waals surface area contributed by atoms with Crippen LogP contribution in [0.5, 0.6) is 0 Å². The standard InChI is InChI=1S/C16H19NO3/c1-10-2-4-11(5-3-10)15(19)17-9-8-12-13(16(17)20)6-7-14(12)18/h2-5,12-14,18H,6-9H2,1H3. The highest BCUT2D eigenvalue weighted by molar-refractivity contribution is 6.05. The maximum Gasteiger partial charge on any atom is 0.260 e. The van der Waals surface area contributed by atoms with Crippen LogP contribution in [-0.2, 0) is 4.79 Å². The number of nitrogens with zero attached hydrogens (tertiary/aromatic N) is 1. The summed E-state index contributed by atoms with van der Waals surface area (Å²) in [5.74, 6) is -0.448. The molecule has 0 radical (unpaired) electrons. The van der Waals surface area contributed by atoms with E-state index in [-0.39, 0.29) is 29.8 Å². The van der Waals surface area contributed by atoms with Crippen molar-refractivity contribution in [2.75, 3.05) is 6.54 Å². The fraction of sp³-hybridized carbons (Fsp3) is 0.500. The van der Waals surface area contributed by atoms with Crippen molar-refractivity contribution < 1.29 is 14.7 Å². The number of hydrogen-bond acceptors (Lipinski definition) is 3.